The first-order valence-electron chi connectivity index (χ1n) is 11.0. The van der Waals surface area contributed by atoms with E-state index in [1.807, 2.05) is 100 Å². The molecule has 0 bridgehead atoms. The SMILES string of the molecule is O=C([C@@H](Sc1nnc(-c2ccccc2)n1-c1ccccc1)c1ccccc1)N1CCOCC1. The minimum atomic E-state index is -0.431. The Balaban J connectivity index is 1.57. The van der Waals surface area contributed by atoms with Crippen LogP contribution in [0.25, 0.3) is 17.1 Å². The molecule has 1 amide bonds. The molecule has 1 saturated heterocycles. The van der Waals surface area contributed by atoms with E-state index in [0.29, 0.717) is 31.5 Å². The van der Waals surface area contributed by atoms with E-state index in [9.17, 15) is 4.79 Å². The Labute approximate surface area is 197 Å². The Morgan fingerprint density at radius 3 is 2.09 bits per heavy atom. The van der Waals surface area contributed by atoms with Gasteiger partial charge in [-0.3, -0.25) is 9.36 Å². The molecule has 0 N–H and O–H groups in total. The fraction of sp³-hybridized carbons (Fsp3) is 0.192. The van der Waals surface area contributed by atoms with Crippen molar-refractivity contribution in [2.45, 2.75) is 10.4 Å². The Bertz CT molecular complexity index is 1190. The molecule has 5 rings (SSSR count). The molecule has 1 aliphatic rings. The third kappa shape index (κ3) is 4.69. The number of hydrogen-bond acceptors (Lipinski definition) is 5. The maximum atomic E-state index is 13.6. The topological polar surface area (TPSA) is 60.2 Å². The van der Waals surface area contributed by atoms with Crippen LogP contribution in [0.2, 0.25) is 0 Å². The molecule has 1 aliphatic heterocycles. The normalized spacial score (nSPS) is 14.7. The van der Waals surface area contributed by atoms with Crippen molar-refractivity contribution in [3.05, 3.63) is 96.6 Å². The minimum Gasteiger partial charge on any atom is -0.378 e. The lowest BCUT2D eigenvalue weighted by molar-refractivity contribution is -0.134. The summed E-state index contributed by atoms with van der Waals surface area (Å²) in [5.41, 5.74) is 2.87. The summed E-state index contributed by atoms with van der Waals surface area (Å²) in [6.45, 7) is 2.33. The van der Waals surface area contributed by atoms with Gasteiger partial charge in [0.2, 0.25) is 5.91 Å². The first kappa shape index (κ1) is 21.4. The lowest BCUT2D eigenvalue weighted by Crippen LogP contribution is -2.42. The van der Waals surface area contributed by atoms with E-state index in [4.69, 9.17) is 4.74 Å². The molecule has 4 aromatic rings. The van der Waals surface area contributed by atoms with E-state index < -0.39 is 5.25 Å². The molecule has 166 valence electrons. The Morgan fingerprint density at radius 2 is 1.42 bits per heavy atom. The van der Waals surface area contributed by atoms with Gasteiger partial charge < -0.3 is 9.64 Å². The average Bonchev–Trinajstić information content (AvgIpc) is 3.32. The van der Waals surface area contributed by atoms with E-state index in [1.54, 1.807) is 0 Å². The van der Waals surface area contributed by atoms with Crippen LogP contribution in [-0.2, 0) is 9.53 Å². The molecule has 2 heterocycles. The zero-order valence-corrected chi connectivity index (χ0v) is 18.9. The van der Waals surface area contributed by atoms with Gasteiger partial charge in [-0.15, -0.1) is 10.2 Å². The highest BCUT2D eigenvalue weighted by Gasteiger charge is 2.30. The number of nitrogens with zero attached hydrogens (tertiary/aromatic N) is 4. The number of benzene rings is 3. The van der Waals surface area contributed by atoms with Crippen molar-refractivity contribution in [2.75, 3.05) is 26.3 Å². The molecule has 1 aromatic heterocycles. The Kier molecular flexibility index (Phi) is 6.51. The monoisotopic (exact) mass is 456 g/mol. The second-order valence-electron chi connectivity index (χ2n) is 7.69. The van der Waals surface area contributed by atoms with Crippen molar-refractivity contribution in [2.24, 2.45) is 0 Å². The van der Waals surface area contributed by atoms with Crippen LogP contribution >= 0.6 is 11.8 Å². The largest absolute Gasteiger partial charge is 0.378 e. The summed E-state index contributed by atoms with van der Waals surface area (Å²) in [6, 6.07) is 29.9. The number of thioether (sulfide) groups is 1. The second kappa shape index (κ2) is 10.0. The van der Waals surface area contributed by atoms with E-state index in [1.165, 1.54) is 11.8 Å². The number of para-hydroxylation sites is 1. The fourth-order valence-corrected chi connectivity index (χ4v) is 5.01. The van der Waals surface area contributed by atoms with Crippen LogP contribution in [0, 0.1) is 0 Å². The van der Waals surface area contributed by atoms with Crippen LogP contribution < -0.4 is 0 Å². The maximum absolute atomic E-state index is 13.6. The highest BCUT2D eigenvalue weighted by Crippen LogP contribution is 2.38. The number of hydrogen-bond donors (Lipinski definition) is 0. The zero-order chi connectivity index (χ0) is 22.5. The van der Waals surface area contributed by atoms with Crippen LogP contribution in [0.3, 0.4) is 0 Å². The van der Waals surface area contributed by atoms with Crippen molar-refractivity contribution in [3.63, 3.8) is 0 Å². The van der Waals surface area contributed by atoms with Crippen molar-refractivity contribution in [3.8, 4) is 17.1 Å². The lowest BCUT2D eigenvalue weighted by atomic mass is 10.1. The molecule has 0 radical (unpaired) electrons. The summed E-state index contributed by atoms with van der Waals surface area (Å²) in [7, 11) is 0. The number of ether oxygens (including phenoxy) is 1. The molecule has 3 aromatic carbocycles. The molecular weight excluding hydrogens is 432 g/mol. The Morgan fingerprint density at radius 1 is 0.818 bits per heavy atom. The van der Waals surface area contributed by atoms with E-state index in [-0.39, 0.29) is 5.91 Å². The van der Waals surface area contributed by atoms with E-state index in [0.717, 1.165) is 22.6 Å². The summed E-state index contributed by atoms with van der Waals surface area (Å²) in [5, 5.41) is 9.32. The summed E-state index contributed by atoms with van der Waals surface area (Å²) < 4.78 is 7.49. The van der Waals surface area contributed by atoms with Crippen molar-refractivity contribution in [1.82, 2.24) is 19.7 Å². The average molecular weight is 457 g/mol. The number of amides is 1. The molecular formula is C26H24N4O2S. The van der Waals surface area contributed by atoms with Gasteiger partial charge in [0.15, 0.2) is 11.0 Å². The summed E-state index contributed by atoms with van der Waals surface area (Å²) >= 11 is 1.44. The van der Waals surface area contributed by atoms with Gasteiger partial charge >= 0.3 is 0 Å². The third-order valence-electron chi connectivity index (χ3n) is 5.55. The van der Waals surface area contributed by atoms with Crippen LogP contribution in [0.5, 0.6) is 0 Å². The van der Waals surface area contributed by atoms with Crippen LogP contribution in [0.1, 0.15) is 10.8 Å². The molecule has 6 nitrogen and oxygen atoms in total. The van der Waals surface area contributed by atoms with E-state index in [2.05, 4.69) is 10.2 Å². The fourth-order valence-electron chi connectivity index (χ4n) is 3.87. The molecule has 0 unspecified atom stereocenters. The maximum Gasteiger partial charge on any atom is 0.240 e. The van der Waals surface area contributed by atoms with E-state index >= 15 is 0 Å². The van der Waals surface area contributed by atoms with Gasteiger partial charge in [-0.2, -0.15) is 0 Å². The molecule has 7 heteroatoms. The number of carbonyl (C=O) groups excluding carboxylic acids is 1. The second-order valence-corrected chi connectivity index (χ2v) is 8.76. The van der Waals surface area contributed by atoms with Gasteiger partial charge in [0.05, 0.1) is 13.2 Å². The van der Waals surface area contributed by atoms with Gasteiger partial charge in [-0.05, 0) is 17.7 Å². The zero-order valence-electron chi connectivity index (χ0n) is 18.1. The predicted molar refractivity (Wildman–Crippen MR) is 129 cm³/mol. The van der Waals surface area contributed by atoms with Crippen LogP contribution in [-0.4, -0.2) is 51.9 Å². The van der Waals surface area contributed by atoms with Gasteiger partial charge in [-0.1, -0.05) is 90.6 Å². The lowest BCUT2D eigenvalue weighted by Gasteiger charge is -2.30. The first-order chi connectivity index (χ1) is 16.3. The van der Waals surface area contributed by atoms with Gasteiger partial charge in [-0.25, -0.2) is 0 Å². The summed E-state index contributed by atoms with van der Waals surface area (Å²) in [5.74, 6) is 0.813. The highest BCUT2D eigenvalue weighted by atomic mass is 32.2. The van der Waals surface area contributed by atoms with Crippen molar-refractivity contribution >= 4 is 17.7 Å². The Hall–Kier alpha value is -3.42. The van der Waals surface area contributed by atoms with Gasteiger partial charge in [0.1, 0.15) is 5.25 Å². The highest BCUT2D eigenvalue weighted by molar-refractivity contribution is 8.00. The molecule has 0 aliphatic carbocycles. The molecule has 0 saturated carbocycles. The van der Waals surface area contributed by atoms with Crippen LogP contribution in [0.4, 0.5) is 0 Å². The van der Waals surface area contributed by atoms with Gasteiger partial charge in [0, 0.05) is 24.3 Å². The number of morpholine rings is 1. The summed E-state index contributed by atoms with van der Waals surface area (Å²) in [4.78, 5) is 15.5. The third-order valence-corrected chi connectivity index (χ3v) is 6.74. The number of carbonyl (C=O) groups is 1. The first-order valence-corrected chi connectivity index (χ1v) is 11.8. The minimum absolute atomic E-state index is 0.0679. The molecule has 1 atom stereocenters. The molecule has 1 fully saturated rings. The van der Waals surface area contributed by atoms with Gasteiger partial charge in [0.25, 0.3) is 0 Å². The number of aromatic nitrogens is 3. The molecule has 0 spiro atoms. The number of rotatable bonds is 6. The van der Waals surface area contributed by atoms with Crippen molar-refractivity contribution < 1.29 is 9.53 Å². The molecule has 33 heavy (non-hydrogen) atoms. The predicted octanol–water partition coefficient (Wildman–Crippen LogP) is 4.63. The quantitative estimate of drug-likeness (QED) is 0.396. The summed E-state index contributed by atoms with van der Waals surface area (Å²) in [6.07, 6.45) is 0. The van der Waals surface area contributed by atoms with Crippen LogP contribution in [0.15, 0.2) is 96.2 Å². The standard InChI is InChI=1S/C26H24N4O2S/c31-25(29-16-18-32-19-17-29)23(20-10-4-1-5-11-20)33-26-28-27-24(21-12-6-2-7-13-21)30(26)22-14-8-3-9-15-22/h1-15,23H,16-19H2/t23-/m0/s1. The van der Waals surface area contributed by atoms with Crippen molar-refractivity contribution in [1.29, 1.82) is 0 Å². The smallest absolute Gasteiger partial charge is 0.240 e.